The van der Waals surface area contributed by atoms with Crippen molar-refractivity contribution in [2.75, 3.05) is 13.2 Å². The first-order valence-corrected chi connectivity index (χ1v) is 10.5. The van der Waals surface area contributed by atoms with Gasteiger partial charge in [0.15, 0.2) is 0 Å². The fourth-order valence-electron chi connectivity index (χ4n) is 2.29. The van der Waals surface area contributed by atoms with Crippen molar-refractivity contribution in [1.29, 1.82) is 0 Å². The van der Waals surface area contributed by atoms with Crippen molar-refractivity contribution in [1.82, 2.24) is 5.32 Å². The Labute approximate surface area is 180 Å². The van der Waals surface area contributed by atoms with Crippen molar-refractivity contribution in [2.45, 2.75) is 6.42 Å². The van der Waals surface area contributed by atoms with Crippen molar-refractivity contribution < 1.29 is 14.3 Å². The molecule has 0 bridgehead atoms. The number of nitrogens with one attached hydrogen (secondary N) is 1. The van der Waals surface area contributed by atoms with E-state index >= 15 is 0 Å². The second kappa shape index (κ2) is 9.59. The van der Waals surface area contributed by atoms with Crippen molar-refractivity contribution >= 4 is 67.8 Å². The van der Waals surface area contributed by atoms with E-state index in [0.717, 1.165) is 15.8 Å². The molecule has 0 unspecified atom stereocenters. The summed E-state index contributed by atoms with van der Waals surface area (Å²) in [6, 6.07) is 12.9. The smallest absolute Gasteiger partial charge is 0.263 e. The number of carbonyl (C=O) groups excluding carboxylic acids is 1. The Balaban J connectivity index is 1.57. The number of halogens is 2. The van der Waals surface area contributed by atoms with E-state index in [1.54, 1.807) is 18.2 Å². The lowest BCUT2D eigenvalue weighted by atomic mass is 10.2. The second-order valence-corrected chi connectivity index (χ2v) is 8.61. The summed E-state index contributed by atoms with van der Waals surface area (Å²) < 4.78 is 12.9. The van der Waals surface area contributed by atoms with Gasteiger partial charge in [-0.1, -0.05) is 51.5 Å². The molecule has 0 aromatic heterocycles. The summed E-state index contributed by atoms with van der Waals surface area (Å²) in [5, 5.41) is 3.29. The molecule has 27 heavy (non-hydrogen) atoms. The van der Waals surface area contributed by atoms with Gasteiger partial charge in [0.1, 0.15) is 15.8 Å². The van der Waals surface area contributed by atoms with E-state index in [2.05, 4.69) is 21.2 Å². The molecule has 4 nitrogen and oxygen atoms in total. The van der Waals surface area contributed by atoms with Crippen LogP contribution in [0.5, 0.6) is 11.5 Å². The van der Waals surface area contributed by atoms with Crippen LogP contribution in [0.2, 0.25) is 5.02 Å². The maximum atomic E-state index is 11.9. The van der Waals surface area contributed by atoms with Crippen molar-refractivity contribution in [3.8, 4) is 11.5 Å². The third kappa shape index (κ3) is 5.97. The van der Waals surface area contributed by atoms with Gasteiger partial charge in [0, 0.05) is 21.5 Å². The molecule has 3 rings (SSSR count). The van der Waals surface area contributed by atoms with Crippen LogP contribution in [0.1, 0.15) is 12.0 Å². The maximum Gasteiger partial charge on any atom is 0.263 e. The molecule has 1 saturated heterocycles. The molecule has 2 aromatic rings. The van der Waals surface area contributed by atoms with Crippen LogP contribution < -0.4 is 14.8 Å². The predicted molar refractivity (Wildman–Crippen MR) is 118 cm³/mol. The summed E-state index contributed by atoms with van der Waals surface area (Å²) in [6.45, 7) is 1.02. The summed E-state index contributed by atoms with van der Waals surface area (Å²) >= 11 is 15.6. The first-order valence-electron chi connectivity index (χ1n) is 8.07. The first kappa shape index (κ1) is 20.2. The van der Waals surface area contributed by atoms with Gasteiger partial charge in [0.2, 0.25) is 0 Å². The Morgan fingerprint density at radius 2 is 1.89 bits per heavy atom. The van der Waals surface area contributed by atoms with Crippen LogP contribution in [0.25, 0.3) is 6.08 Å². The number of thiocarbonyl (C=S) groups is 1. The summed E-state index contributed by atoms with van der Waals surface area (Å²) in [7, 11) is 0. The number of hydrogen-bond acceptors (Lipinski definition) is 5. The molecule has 8 heteroatoms. The van der Waals surface area contributed by atoms with Gasteiger partial charge in [-0.05, 0) is 48.5 Å². The highest BCUT2D eigenvalue weighted by molar-refractivity contribution is 9.10. The van der Waals surface area contributed by atoms with E-state index in [0.29, 0.717) is 39.6 Å². The third-order valence-corrected chi connectivity index (χ3v) is 5.44. The first-order chi connectivity index (χ1) is 13.0. The summed E-state index contributed by atoms with van der Waals surface area (Å²) in [5.74, 6) is 1.28. The molecule has 0 atom stereocenters. The molecule has 1 aliphatic rings. The lowest BCUT2D eigenvalue weighted by Crippen LogP contribution is -2.17. The standard InChI is InChI=1S/C19H15BrClNO3S2/c20-13-2-7-16(12(10-13)11-17-18(23)22-19(26)27-17)25-9-1-8-24-15-5-3-14(21)4-6-15/h2-7,10-11H,1,8-9H2,(H,22,23,26). The van der Waals surface area contributed by atoms with Gasteiger partial charge >= 0.3 is 0 Å². The van der Waals surface area contributed by atoms with E-state index in [-0.39, 0.29) is 5.91 Å². The molecule has 1 N–H and O–H groups in total. The molecule has 0 aliphatic carbocycles. The molecule has 0 radical (unpaired) electrons. The van der Waals surface area contributed by atoms with Gasteiger partial charge in [-0.25, -0.2) is 0 Å². The van der Waals surface area contributed by atoms with Crippen LogP contribution in [0.4, 0.5) is 0 Å². The Hall–Kier alpha value is -1.54. The molecular weight excluding hydrogens is 470 g/mol. The lowest BCUT2D eigenvalue weighted by Gasteiger charge is -2.11. The number of ether oxygens (including phenoxy) is 2. The number of hydrogen-bond donors (Lipinski definition) is 1. The SMILES string of the molecule is O=C1NC(=S)SC1=Cc1cc(Br)ccc1OCCCOc1ccc(Cl)cc1. The van der Waals surface area contributed by atoms with Crippen LogP contribution in [0, 0.1) is 0 Å². The predicted octanol–water partition coefficient (Wildman–Crippen LogP) is 5.44. The monoisotopic (exact) mass is 483 g/mol. The largest absolute Gasteiger partial charge is 0.493 e. The Bertz CT molecular complexity index is 887. The summed E-state index contributed by atoms with van der Waals surface area (Å²) in [6.07, 6.45) is 2.50. The summed E-state index contributed by atoms with van der Waals surface area (Å²) in [5.41, 5.74) is 0.811. The minimum absolute atomic E-state index is 0.188. The van der Waals surface area contributed by atoms with Crippen LogP contribution >= 0.6 is 51.5 Å². The Kier molecular flexibility index (Phi) is 7.18. The van der Waals surface area contributed by atoms with Crippen LogP contribution in [-0.2, 0) is 4.79 Å². The zero-order valence-corrected chi connectivity index (χ0v) is 18.0. The second-order valence-electron chi connectivity index (χ2n) is 5.54. The molecule has 140 valence electrons. The van der Waals surface area contributed by atoms with E-state index < -0.39 is 0 Å². The van der Waals surface area contributed by atoms with Gasteiger partial charge in [0.05, 0.1) is 18.1 Å². The van der Waals surface area contributed by atoms with Crippen LogP contribution in [0.15, 0.2) is 51.8 Å². The summed E-state index contributed by atoms with van der Waals surface area (Å²) in [4.78, 5) is 12.4. The lowest BCUT2D eigenvalue weighted by molar-refractivity contribution is -0.115. The molecule has 1 aliphatic heterocycles. The van der Waals surface area contributed by atoms with Gasteiger partial charge in [-0.2, -0.15) is 0 Å². The Morgan fingerprint density at radius 3 is 2.59 bits per heavy atom. The molecule has 1 heterocycles. The van der Waals surface area contributed by atoms with Gasteiger partial charge in [0.25, 0.3) is 5.91 Å². The number of amides is 1. The van der Waals surface area contributed by atoms with Crippen molar-refractivity contribution in [3.05, 3.63) is 62.4 Å². The molecule has 0 saturated carbocycles. The van der Waals surface area contributed by atoms with Crippen molar-refractivity contribution in [3.63, 3.8) is 0 Å². The fourth-order valence-corrected chi connectivity index (χ4v) is 3.83. The quantitative estimate of drug-likeness (QED) is 0.322. The molecule has 2 aromatic carbocycles. The minimum atomic E-state index is -0.188. The normalized spacial score (nSPS) is 15.1. The molecular formula is C19H15BrClNO3S2. The van der Waals surface area contributed by atoms with E-state index in [9.17, 15) is 4.79 Å². The average Bonchev–Trinajstić information content (AvgIpc) is 2.95. The highest BCUT2D eigenvalue weighted by atomic mass is 79.9. The van der Waals surface area contributed by atoms with E-state index in [1.807, 2.05) is 30.3 Å². The zero-order chi connectivity index (χ0) is 19.2. The van der Waals surface area contributed by atoms with Gasteiger partial charge < -0.3 is 14.8 Å². The fraction of sp³-hybridized carbons (Fsp3) is 0.158. The number of rotatable bonds is 7. The van der Waals surface area contributed by atoms with E-state index in [4.69, 9.17) is 33.3 Å². The highest BCUT2D eigenvalue weighted by Gasteiger charge is 2.22. The number of thioether (sulfide) groups is 1. The van der Waals surface area contributed by atoms with E-state index in [1.165, 1.54) is 11.8 Å². The average molecular weight is 485 g/mol. The minimum Gasteiger partial charge on any atom is -0.493 e. The van der Waals surface area contributed by atoms with Crippen molar-refractivity contribution in [2.24, 2.45) is 0 Å². The zero-order valence-electron chi connectivity index (χ0n) is 14.0. The van der Waals surface area contributed by atoms with Crippen LogP contribution in [0.3, 0.4) is 0 Å². The highest BCUT2D eigenvalue weighted by Crippen LogP contribution is 2.31. The maximum absolute atomic E-state index is 11.9. The topological polar surface area (TPSA) is 47.6 Å². The molecule has 1 amide bonds. The third-order valence-electron chi connectivity index (χ3n) is 3.53. The number of benzene rings is 2. The van der Waals surface area contributed by atoms with Crippen LogP contribution in [-0.4, -0.2) is 23.4 Å². The Morgan fingerprint density at radius 1 is 1.15 bits per heavy atom. The molecule has 0 spiro atoms. The number of carbonyl (C=O) groups is 1. The van der Waals surface area contributed by atoms with Gasteiger partial charge in [-0.15, -0.1) is 0 Å². The molecule has 1 fully saturated rings. The van der Waals surface area contributed by atoms with Gasteiger partial charge in [-0.3, -0.25) is 4.79 Å².